The van der Waals surface area contributed by atoms with E-state index in [1.54, 1.807) is 0 Å². The second kappa shape index (κ2) is 8.94. The van der Waals surface area contributed by atoms with Crippen molar-refractivity contribution in [1.29, 1.82) is 0 Å². The molecule has 0 amide bonds. The highest BCUT2D eigenvalue weighted by atomic mass is 16.3. The standard InChI is InChI=1S/C35H38N2O/c1-8-9-22(2)10-15-27-16-24-18-33-28(20-31(24)36(27)6)29-21-32-25(19-34(29)38-33)17-30(37(32)7)23-11-13-26(14-12-23)35(3,4)5/h10-22H,8-9H2,1-7H3/b15-10+. The van der Waals surface area contributed by atoms with Gasteiger partial charge in [-0.3, -0.25) is 0 Å². The molecule has 0 saturated heterocycles. The van der Waals surface area contributed by atoms with Gasteiger partial charge in [-0.15, -0.1) is 0 Å². The van der Waals surface area contributed by atoms with E-state index in [1.807, 2.05) is 0 Å². The molecule has 3 heteroatoms. The predicted octanol–water partition coefficient (Wildman–Crippen LogP) is 9.98. The molecule has 194 valence electrons. The van der Waals surface area contributed by atoms with E-state index in [-0.39, 0.29) is 5.41 Å². The molecule has 0 fully saturated rings. The second-order valence-corrected chi connectivity index (χ2v) is 12.1. The number of furan rings is 1. The molecule has 3 nitrogen and oxygen atoms in total. The van der Waals surface area contributed by atoms with Gasteiger partial charge >= 0.3 is 0 Å². The summed E-state index contributed by atoms with van der Waals surface area (Å²) in [7, 11) is 4.32. The average molecular weight is 503 g/mol. The van der Waals surface area contributed by atoms with E-state index in [1.165, 1.54) is 67.9 Å². The van der Waals surface area contributed by atoms with Crippen LogP contribution in [0.15, 0.2) is 71.2 Å². The van der Waals surface area contributed by atoms with Gasteiger partial charge in [0.15, 0.2) is 0 Å². The van der Waals surface area contributed by atoms with Crippen molar-refractivity contribution in [3.63, 3.8) is 0 Å². The fourth-order valence-electron chi connectivity index (χ4n) is 5.85. The Balaban J connectivity index is 1.45. The van der Waals surface area contributed by atoms with Crippen molar-refractivity contribution in [2.75, 3.05) is 0 Å². The van der Waals surface area contributed by atoms with Crippen LogP contribution >= 0.6 is 0 Å². The van der Waals surface area contributed by atoms with Crippen LogP contribution in [0.5, 0.6) is 0 Å². The number of hydrogen-bond acceptors (Lipinski definition) is 1. The number of aromatic nitrogens is 2. The molecular formula is C35H38N2O. The van der Waals surface area contributed by atoms with E-state index in [0.717, 1.165) is 11.2 Å². The number of fused-ring (bicyclic) bond motifs is 5. The molecule has 0 saturated carbocycles. The molecule has 3 aromatic heterocycles. The largest absolute Gasteiger partial charge is 0.456 e. The molecule has 1 atom stereocenters. The minimum absolute atomic E-state index is 0.150. The maximum absolute atomic E-state index is 6.42. The van der Waals surface area contributed by atoms with E-state index < -0.39 is 0 Å². The van der Waals surface area contributed by atoms with Gasteiger partial charge in [0.2, 0.25) is 0 Å². The van der Waals surface area contributed by atoms with Gasteiger partial charge in [0, 0.05) is 58.1 Å². The van der Waals surface area contributed by atoms with Crippen molar-refractivity contribution >= 4 is 49.8 Å². The van der Waals surface area contributed by atoms with Crippen LogP contribution in [0.25, 0.3) is 61.1 Å². The number of hydrogen-bond donors (Lipinski definition) is 0. The highest BCUT2D eigenvalue weighted by Crippen LogP contribution is 2.38. The molecule has 0 aliphatic rings. The lowest BCUT2D eigenvalue weighted by atomic mass is 9.86. The lowest BCUT2D eigenvalue weighted by Gasteiger charge is -2.19. The molecule has 0 N–H and O–H groups in total. The molecule has 6 aromatic rings. The average Bonchev–Trinajstić information content (AvgIpc) is 3.50. The van der Waals surface area contributed by atoms with Crippen molar-refractivity contribution in [3.05, 3.63) is 78.0 Å². The van der Waals surface area contributed by atoms with E-state index in [4.69, 9.17) is 4.42 Å². The summed E-state index contributed by atoms with van der Waals surface area (Å²) in [6.45, 7) is 11.3. The van der Waals surface area contributed by atoms with Crippen LogP contribution in [0.2, 0.25) is 0 Å². The van der Waals surface area contributed by atoms with Crippen LogP contribution in [-0.2, 0) is 19.5 Å². The van der Waals surface area contributed by atoms with E-state index in [0.29, 0.717) is 5.92 Å². The zero-order chi connectivity index (χ0) is 26.8. The van der Waals surface area contributed by atoms with Crippen molar-refractivity contribution < 1.29 is 4.42 Å². The summed E-state index contributed by atoms with van der Waals surface area (Å²) in [4.78, 5) is 0. The van der Waals surface area contributed by atoms with Crippen molar-refractivity contribution in [2.24, 2.45) is 20.0 Å². The van der Waals surface area contributed by atoms with Gasteiger partial charge in [0.25, 0.3) is 0 Å². The molecule has 3 aromatic carbocycles. The van der Waals surface area contributed by atoms with Gasteiger partial charge in [-0.05, 0) is 71.4 Å². The summed E-state index contributed by atoms with van der Waals surface area (Å²) in [6.07, 6.45) is 7.03. The third-order valence-corrected chi connectivity index (χ3v) is 8.22. The highest BCUT2D eigenvalue weighted by molar-refractivity contribution is 6.13. The Hall–Kier alpha value is -3.72. The van der Waals surface area contributed by atoms with Crippen LogP contribution in [-0.4, -0.2) is 9.13 Å². The van der Waals surface area contributed by atoms with Gasteiger partial charge in [-0.2, -0.15) is 0 Å². The Morgan fingerprint density at radius 2 is 1.42 bits per heavy atom. The minimum atomic E-state index is 0.150. The highest BCUT2D eigenvalue weighted by Gasteiger charge is 2.17. The topological polar surface area (TPSA) is 23.0 Å². The quantitative estimate of drug-likeness (QED) is 0.230. The second-order valence-electron chi connectivity index (χ2n) is 12.1. The molecule has 6 rings (SSSR count). The molecule has 0 aliphatic carbocycles. The molecule has 0 bridgehead atoms. The van der Waals surface area contributed by atoms with Gasteiger partial charge in [0.1, 0.15) is 11.2 Å². The number of benzene rings is 3. The predicted molar refractivity (Wildman–Crippen MR) is 164 cm³/mol. The minimum Gasteiger partial charge on any atom is -0.456 e. The number of nitrogens with zero attached hydrogens (tertiary/aromatic N) is 2. The van der Waals surface area contributed by atoms with Crippen LogP contribution in [0.1, 0.15) is 58.7 Å². The van der Waals surface area contributed by atoms with Crippen molar-refractivity contribution in [3.8, 4) is 11.3 Å². The summed E-state index contributed by atoms with van der Waals surface area (Å²) in [6, 6.07) is 22.5. The Morgan fingerprint density at radius 1 is 0.816 bits per heavy atom. The normalized spacial score (nSPS) is 13.7. The number of rotatable bonds is 5. The lowest BCUT2D eigenvalue weighted by Crippen LogP contribution is -2.10. The maximum atomic E-state index is 6.42. The molecular weight excluding hydrogens is 464 g/mol. The molecule has 3 heterocycles. The smallest absolute Gasteiger partial charge is 0.136 e. The summed E-state index contributed by atoms with van der Waals surface area (Å²) in [5.41, 5.74) is 9.52. The van der Waals surface area contributed by atoms with Crippen LogP contribution in [0.3, 0.4) is 0 Å². The first-order chi connectivity index (χ1) is 18.1. The monoisotopic (exact) mass is 502 g/mol. The van der Waals surface area contributed by atoms with Crippen LogP contribution in [0.4, 0.5) is 0 Å². The molecule has 1 unspecified atom stereocenters. The Labute approximate surface area is 225 Å². The lowest BCUT2D eigenvalue weighted by molar-refractivity contribution is 0.590. The Morgan fingerprint density at radius 3 is 2.03 bits per heavy atom. The fourth-order valence-corrected chi connectivity index (χ4v) is 5.85. The van der Waals surface area contributed by atoms with Gasteiger partial charge in [-0.25, -0.2) is 0 Å². The summed E-state index contributed by atoms with van der Waals surface area (Å²) in [5, 5.41) is 4.75. The van der Waals surface area contributed by atoms with Crippen molar-refractivity contribution in [1.82, 2.24) is 9.13 Å². The molecule has 0 spiro atoms. The van der Waals surface area contributed by atoms with E-state index >= 15 is 0 Å². The summed E-state index contributed by atoms with van der Waals surface area (Å²) in [5.74, 6) is 0.590. The summed E-state index contributed by atoms with van der Waals surface area (Å²) >= 11 is 0. The van der Waals surface area contributed by atoms with Gasteiger partial charge in [0.05, 0.1) is 0 Å². The van der Waals surface area contributed by atoms with Crippen molar-refractivity contribution in [2.45, 2.75) is 52.9 Å². The third-order valence-electron chi connectivity index (χ3n) is 8.22. The van der Waals surface area contributed by atoms with Gasteiger partial charge in [-0.1, -0.05) is 71.4 Å². The van der Waals surface area contributed by atoms with E-state index in [2.05, 4.69) is 131 Å². The van der Waals surface area contributed by atoms with Gasteiger partial charge < -0.3 is 13.6 Å². The number of allylic oxidation sites excluding steroid dienone is 1. The van der Waals surface area contributed by atoms with E-state index in [9.17, 15) is 0 Å². The first kappa shape index (κ1) is 24.6. The Bertz CT molecular complexity index is 1830. The number of aryl methyl sites for hydroxylation is 2. The maximum Gasteiger partial charge on any atom is 0.136 e. The SMILES string of the molecule is CCCC(C)/C=C/c1cc2cc3oc4cc5cc(-c6ccc(C(C)(C)C)cc6)n(C)c5cc4c3cc2n1C. The Kier molecular flexibility index (Phi) is 5.79. The molecule has 0 radical (unpaired) electrons. The molecule has 38 heavy (non-hydrogen) atoms. The first-order valence-electron chi connectivity index (χ1n) is 13.9. The zero-order valence-corrected chi connectivity index (χ0v) is 23.7. The van der Waals surface area contributed by atoms with Crippen LogP contribution < -0.4 is 0 Å². The first-order valence-corrected chi connectivity index (χ1v) is 13.9. The van der Waals surface area contributed by atoms with Crippen LogP contribution in [0, 0.1) is 5.92 Å². The third kappa shape index (κ3) is 4.05. The fraction of sp³-hybridized carbons (Fsp3) is 0.314. The summed E-state index contributed by atoms with van der Waals surface area (Å²) < 4.78 is 11.0. The zero-order valence-electron chi connectivity index (χ0n) is 23.7. The molecule has 0 aliphatic heterocycles.